The lowest BCUT2D eigenvalue weighted by Crippen LogP contribution is -2.15. The Labute approximate surface area is 196 Å². The fourth-order valence-electron chi connectivity index (χ4n) is 3.19. The van der Waals surface area contributed by atoms with Crippen LogP contribution in [0.5, 0.6) is 11.5 Å². The summed E-state index contributed by atoms with van der Waals surface area (Å²) < 4.78 is 22.6. The van der Waals surface area contributed by atoms with E-state index in [0.717, 1.165) is 0 Å². The maximum absolute atomic E-state index is 12.8. The van der Waals surface area contributed by atoms with Crippen LogP contribution in [0.15, 0.2) is 55.1 Å². The van der Waals surface area contributed by atoms with Crippen molar-refractivity contribution in [3.63, 3.8) is 0 Å². The van der Waals surface area contributed by atoms with Crippen molar-refractivity contribution in [2.45, 2.75) is 6.92 Å². The lowest BCUT2D eigenvalue weighted by molar-refractivity contribution is 0.0549. The van der Waals surface area contributed by atoms with Crippen LogP contribution in [0.3, 0.4) is 0 Å². The molecule has 3 aromatic rings. The highest BCUT2D eigenvalue weighted by molar-refractivity contribution is 6.33. The first-order valence-electron chi connectivity index (χ1n) is 10.0. The number of para-hydroxylation sites is 1. The van der Waals surface area contributed by atoms with Gasteiger partial charge in [-0.1, -0.05) is 42.5 Å². The van der Waals surface area contributed by atoms with Crippen molar-refractivity contribution in [2.24, 2.45) is 0 Å². The molecule has 0 N–H and O–H groups in total. The van der Waals surface area contributed by atoms with Gasteiger partial charge in [0.25, 0.3) is 0 Å². The Morgan fingerprint density at radius 3 is 2.33 bits per heavy atom. The van der Waals surface area contributed by atoms with E-state index in [1.54, 1.807) is 42.5 Å². The van der Waals surface area contributed by atoms with Crippen LogP contribution in [0.25, 0.3) is 16.9 Å². The predicted octanol–water partition coefficient (Wildman–Crippen LogP) is 4.73. The van der Waals surface area contributed by atoms with E-state index in [1.807, 2.05) is 13.0 Å². The standard InChI is InChI=1S/C24H23ClN2O6/c1-5-12-33-19-14-17(25)16(13-18(19)32-6-2)21-20(23(28)30-3)22(24(29)31-4)27(26-21)15-10-8-7-9-11-15/h5,7-11,13-14H,1,6,12H2,2-4H3. The zero-order valence-corrected chi connectivity index (χ0v) is 19.2. The molecule has 0 amide bonds. The quantitative estimate of drug-likeness (QED) is 0.330. The second kappa shape index (κ2) is 10.7. The van der Waals surface area contributed by atoms with Crippen molar-refractivity contribution in [2.75, 3.05) is 27.4 Å². The molecule has 0 saturated carbocycles. The van der Waals surface area contributed by atoms with Crippen LogP contribution in [-0.2, 0) is 9.47 Å². The van der Waals surface area contributed by atoms with Gasteiger partial charge in [0, 0.05) is 11.6 Å². The van der Waals surface area contributed by atoms with E-state index in [9.17, 15) is 9.59 Å². The van der Waals surface area contributed by atoms with E-state index in [2.05, 4.69) is 11.7 Å². The third-order valence-electron chi connectivity index (χ3n) is 4.60. The number of esters is 2. The van der Waals surface area contributed by atoms with Gasteiger partial charge in [0.15, 0.2) is 17.2 Å². The first-order chi connectivity index (χ1) is 16.0. The summed E-state index contributed by atoms with van der Waals surface area (Å²) in [5, 5.41) is 4.79. The number of carbonyl (C=O) groups excluding carboxylic acids is 2. The highest BCUT2D eigenvalue weighted by Crippen LogP contribution is 2.40. The maximum atomic E-state index is 12.8. The van der Waals surface area contributed by atoms with Crippen LogP contribution in [0.4, 0.5) is 0 Å². The molecule has 1 heterocycles. The summed E-state index contributed by atoms with van der Waals surface area (Å²) in [6, 6.07) is 12.0. The molecule has 172 valence electrons. The van der Waals surface area contributed by atoms with Crippen molar-refractivity contribution in [3.8, 4) is 28.4 Å². The number of hydrogen-bond donors (Lipinski definition) is 0. The molecule has 0 aliphatic carbocycles. The third-order valence-corrected chi connectivity index (χ3v) is 4.91. The molecule has 0 aliphatic rings. The number of halogens is 1. The van der Waals surface area contributed by atoms with E-state index in [0.29, 0.717) is 29.4 Å². The molecule has 33 heavy (non-hydrogen) atoms. The fourth-order valence-corrected chi connectivity index (χ4v) is 3.43. The van der Waals surface area contributed by atoms with Crippen LogP contribution in [0.2, 0.25) is 5.02 Å². The maximum Gasteiger partial charge on any atom is 0.357 e. The van der Waals surface area contributed by atoms with Gasteiger partial charge < -0.3 is 18.9 Å². The lowest BCUT2D eigenvalue weighted by atomic mass is 10.0. The van der Waals surface area contributed by atoms with Gasteiger partial charge in [0.05, 0.1) is 31.5 Å². The molecule has 0 aliphatic heterocycles. The zero-order valence-electron chi connectivity index (χ0n) is 18.5. The Hall–Kier alpha value is -3.78. The Bertz CT molecular complexity index is 1170. The molecule has 1 aromatic heterocycles. The van der Waals surface area contributed by atoms with Crippen LogP contribution in [0.1, 0.15) is 27.8 Å². The molecule has 0 bridgehead atoms. The average Bonchev–Trinajstić information content (AvgIpc) is 3.24. The third kappa shape index (κ3) is 4.85. The number of ether oxygens (including phenoxy) is 4. The summed E-state index contributed by atoms with van der Waals surface area (Å²) in [7, 11) is 2.43. The summed E-state index contributed by atoms with van der Waals surface area (Å²) in [6.07, 6.45) is 1.59. The van der Waals surface area contributed by atoms with Crippen LogP contribution in [0, 0.1) is 0 Å². The summed E-state index contributed by atoms with van der Waals surface area (Å²) >= 11 is 6.58. The molecule has 9 heteroatoms. The number of rotatable bonds is 9. The smallest absolute Gasteiger partial charge is 0.357 e. The molecule has 0 fully saturated rings. The topological polar surface area (TPSA) is 88.9 Å². The molecule has 0 radical (unpaired) electrons. The van der Waals surface area contributed by atoms with Gasteiger partial charge in [-0.25, -0.2) is 14.3 Å². The van der Waals surface area contributed by atoms with E-state index in [-0.39, 0.29) is 28.6 Å². The molecule has 0 saturated heterocycles. The number of nitrogens with zero attached hydrogens (tertiary/aromatic N) is 2. The van der Waals surface area contributed by atoms with Gasteiger partial charge in [-0.05, 0) is 25.1 Å². The molecule has 0 atom stereocenters. The number of hydrogen-bond acceptors (Lipinski definition) is 7. The van der Waals surface area contributed by atoms with E-state index in [4.69, 9.17) is 30.5 Å². The Kier molecular flexibility index (Phi) is 7.74. The predicted molar refractivity (Wildman–Crippen MR) is 124 cm³/mol. The summed E-state index contributed by atoms with van der Waals surface area (Å²) in [4.78, 5) is 25.6. The van der Waals surface area contributed by atoms with E-state index >= 15 is 0 Å². The molecule has 2 aromatic carbocycles. The van der Waals surface area contributed by atoms with Crippen molar-refractivity contribution in [1.82, 2.24) is 9.78 Å². The first kappa shape index (κ1) is 23.9. The lowest BCUT2D eigenvalue weighted by Gasteiger charge is -2.14. The van der Waals surface area contributed by atoms with Crippen molar-refractivity contribution in [1.29, 1.82) is 0 Å². The molecular weight excluding hydrogens is 448 g/mol. The van der Waals surface area contributed by atoms with Crippen molar-refractivity contribution < 1.29 is 28.5 Å². The van der Waals surface area contributed by atoms with Crippen LogP contribution < -0.4 is 9.47 Å². The van der Waals surface area contributed by atoms with Crippen molar-refractivity contribution >= 4 is 23.5 Å². The average molecular weight is 471 g/mol. The van der Waals surface area contributed by atoms with Gasteiger partial charge in [-0.3, -0.25) is 0 Å². The van der Waals surface area contributed by atoms with E-state index < -0.39 is 11.9 Å². The van der Waals surface area contributed by atoms with Gasteiger partial charge in [-0.2, -0.15) is 5.10 Å². The van der Waals surface area contributed by atoms with Gasteiger partial charge in [0.1, 0.15) is 17.9 Å². The molecule has 3 rings (SSSR count). The number of carbonyl (C=O) groups is 2. The molecular formula is C24H23ClN2O6. The number of aromatic nitrogens is 2. The normalized spacial score (nSPS) is 10.4. The summed E-state index contributed by atoms with van der Waals surface area (Å²) in [5.41, 5.74) is 0.851. The Morgan fingerprint density at radius 2 is 1.73 bits per heavy atom. The van der Waals surface area contributed by atoms with Gasteiger partial charge in [0.2, 0.25) is 0 Å². The Morgan fingerprint density at radius 1 is 1.06 bits per heavy atom. The monoisotopic (exact) mass is 470 g/mol. The highest BCUT2D eigenvalue weighted by atomic mass is 35.5. The van der Waals surface area contributed by atoms with Gasteiger partial charge >= 0.3 is 11.9 Å². The minimum absolute atomic E-state index is 0.0858. The second-order valence-electron chi connectivity index (χ2n) is 6.61. The first-order valence-corrected chi connectivity index (χ1v) is 10.4. The molecule has 8 nitrogen and oxygen atoms in total. The van der Waals surface area contributed by atoms with Crippen molar-refractivity contribution in [3.05, 3.63) is 71.4 Å². The Balaban J connectivity index is 2.33. The number of benzene rings is 2. The molecule has 0 unspecified atom stereocenters. The van der Waals surface area contributed by atoms with Crippen LogP contribution >= 0.6 is 11.6 Å². The number of methoxy groups -OCH3 is 2. The summed E-state index contributed by atoms with van der Waals surface area (Å²) in [5.74, 6) is -0.733. The SMILES string of the molecule is C=CCOc1cc(Cl)c(-c2nn(-c3ccccc3)c(C(=O)OC)c2C(=O)OC)cc1OCC. The van der Waals surface area contributed by atoms with Gasteiger partial charge in [-0.15, -0.1) is 0 Å². The largest absolute Gasteiger partial charge is 0.490 e. The van der Waals surface area contributed by atoms with Crippen LogP contribution in [-0.4, -0.2) is 49.2 Å². The highest BCUT2D eigenvalue weighted by Gasteiger charge is 2.32. The minimum Gasteiger partial charge on any atom is -0.490 e. The minimum atomic E-state index is -0.770. The summed E-state index contributed by atoms with van der Waals surface area (Å²) in [6.45, 7) is 6.07. The van der Waals surface area contributed by atoms with E-state index in [1.165, 1.54) is 18.9 Å². The molecule has 0 spiro atoms. The second-order valence-corrected chi connectivity index (χ2v) is 7.02. The zero-order chi connectivity index (χ0) is 24.0. The fraction of sp³-hybridized carbons (Fsp3) is 0.208.